The molecule has 110 valence electrons. The van der Waals surface area contributed by atoms with E-state index >= 15 is 0 Å². The Hall–Kier alpha value is -2.61. The van der Waals surface area contributed by atoms with Crippen molar-refractivity contribution in [3.8, 4) is 0 Å². The summed E-state index contributed by atoms with van der Waals surface area (Å²) in [6.07, 6.45) is 1.91. The Balaban J connectivity index is 2.10. The zero-order chi connectivity index (χ0) is 15.5. The number of nitrogens with zero attached hydrogens (tertiary/aromatic N) is 2. The van der Waals surface area contributed by atoms with Gasteiger partial charge in [-0.05, 0) is 56.7 Å². The van der Waals surface area contributed by atoms with E-state index in [9.17, 15) is 0 Å². The highest BCUT2D eigenvalue weighted by Crippen LogP contribution is 2.33. The summed E-state index contributed by atoms with van der Waals surface area (Å²) in [5.41, 5.74) is 5.90. The van der Waals surface area contributed by atoms with Crippen LogP contribution < -0.4 is 4.90 Å². The molecule has 0 aliphatic carbocycles. The van der Waals surface area contributed by atoms with Crippen molar-refractivity contribution in [2.75, 3.05) is 4.90 Å². The van der Waals surface area contributed by atoms with Gasteiger partial charge in [0.05, 0.1) is 0 Å². The fourth-order valence-electron chi connectivity index (χ4n) is 2.39. The number of aryl methyl sites for hydroxylation is 3. The maximum Gasteiger partial charge on any atom is 0.137 e. The van der Waals surface area contributed by atoms with E-state index in [1.165, 1.54) is 11.1 Å². The number of rotatable bonds is 3. The van der Waals surface area contributed by atoms with Gasteiger partial charge in [0, 0.05) is 17.6 Å². The molecule has 0 spiro atoms. The molecule has 0 aliphatic rings. The molecule has 0 saturated heterocycles. The lowest BCUT2D eigenvalue weighted by Gasteiger charge is -2.24. The number of benzene rings is 2. The Morgan fingerprint density at radius 2 is 1.05 bits per heavy atom. The molecule has 0 bridgehead atoms. The molecular weight excluding hydrogens is 268 g/mol. The van der Waals surface area contributed by atoms with Gasteiger partial charge in [-0.25, -0.2) is 4.98 Å². The number of anilines is 3. The predicted molar refractivity (Wildman–Crippen MR) is 93.1 cm³/mol. The molecule has 0 saturated carbocycles. The highest BCUT2D eigenvalue weighted by Gasteiger charge is 2.12. The summed E-state index contributed by atoms with van der Waals surface area (Å²) in [5.74, 6) is 0.929. The minimum absolute atomic E-state index is 0.929. The van der Waals surface area contributed by atoms with Gasteiger partial charge in [0.1, 0.15) is 5.82 Å². The fraction of sp³-hybridized carbons (Fsp3) is 0.150. The highest BCUT2D eigenvalue weighted by molar-refractivity contribution is 5.74. The average Bonchev–Trinajstić information content (AvgIpc) is 2.53. The van der Waals surface area contributed by atoms with E-state index in [-0.39, 0.29) is 0 Å². The number of hydrogen-bond acceptors (Lipinski definition) is 2. The Labute approximate surface area is 132 Å². The Morgan fingerprint density at radius 1 is 0.591 bits per heavy atom. The van der Waals surface area contributed by atoms with Crippen LogP contribution in [0.3, 0.4) is 0 Å². The van der Waals surface area contributed by atoms with Crippen LogP contribution >= 0.6 is 0 Å². The van der Waals surface area contributed by atoms with Crippen molar-refractivity contribution in [2.45, 2.75) is 20.8 Å². The quantitative estimate of drug-likeness (QED) is 0.634. The van der Waals surface area contributed by atoms with Crippen LogP contribution in [0.4, 0.5) is 17.2 Å². The van der Waals surface area contributed by atoms with Crippen molar-refractivity contribution in [1.82, 2.24) is 4.98 Å². The van der Waals surface area contributed by atoms with Gasteiger partial charge < -0.3 is 0 Å². The average molecular weight is 288 g/mol. The molecule has 2 aromatic carbocycles. The number of pyridine rings is 1. The lowest BCUT2D eigenvalue weighted by molar-refractivity contribution is 1.16. The summed E-state index contributed by atoms with van der Waals surface area (Å²) >= 11 is 0. The van der Waals surface area contributed by atoms with Crippen molar-refractivity contribution in [1.29, 1.82) is 0 Å². The molecule has 22 heavy (non-hydrogen) atoms. The van der Waals surface area contributed by atoms with Crippen LogP contribution in [0.2, 0.25) is 0 Å². The van der Waals surface area contributed by atoms with Gasteiger partial charge in [-0.15, -0.1) is 0 Å². The van der Waals surface area contributed by atoms with Gasteiger partial charge in [-0.1, -0.05) is 41.5 Å². The first-order valence-corrected chi connectivity index (χ1v) is 7.49. The van der Waals surface area contributed by atoms with Crippen molar-refractivity contribution in [3.63, 3.8) is 0 Å². The minimum atomic E-state index is 0.929. The third-order valence-electron chi connectivity index (χ3n) is 3.71. The smallest absolute Gasteiger partial charge is 0.137 e. The summed E-state index contributed by atoms with van der Waals surface area (Å²) in [6.45, 7) is 6.26. The van der Waals surface area contributed by atoms with Crippen LogP contribution in [-0.4, -0.2) is 4.98 Å². The van der Waals surface area contributed by atoms with Crippen LogP contribution in [0.5, 0.6) is 0 Å². The first kappa shape index (κ1) is 14.3. The van der Waals surface area contributed by atoms with E-state index in [1.807, 2.05) is 6.20 Å². The summed E-state index contributed by atoms with van der Waals surface area (Å²) in [5, 5.41) is 0. The van der Waals surface area contributed by atoms with Gasteiger partial charge >= 0.3 is 0 Å². The van der Waals surface area contributed by atoms with Crippen molar-refractivity contribution in [3.05, 3.63) is 83.6 Å². The Morgan fingerprint density at radius 3 is 1.45 bits per heavy atom. The second-order valence-electron chi connectivity index (χ2n) is 5.70. The van der Waals surface area contributed by atoms with E-state index < -0.39 is 0 Å². The molecule has 3 rings (SSSR count). The number of aromatic nitrogens is 1. The molecule has 1 heterocycles. The van der Waals surface area contributed by atoms with Gasteiger partial charge in [-0.3, -0.25) is 4.90 Å². The largest absolute Gasteiger partial charge is 0.295 e. The second kappa shape index (κ2) is 6.02. The molecule has 0 amide bonds. The molecule has 0 aliphatic heterocycles. The molecule has 0 N–H and O–H groups in total. The standard InChI is InChI=1S/C20H20N2/c1-15-4-9-18(10-5-15)22(19-11-6-16(2)7-12-19)20-13-8-17(3)14-21-20/h4-14H,1-3H3. The van der Waals surface area contributed by atoms with E-state index in [0.29, 0.717) is 0 Å². The monoisotopic (exact) mass is 288 g/mol. The molecule has 0 fully saturated rings. The maximum absolute atomic E-state index is 4.60. The van der Waals surface area contributed by atoms with Crippen molar-refractivity contribution < 1.29 is 0 Å². The first-order valence-electron chi connectivity index (χ1n) is 7.49. The van der Waals surface area contributed by atoms with Gasteiger partial charge in [-0.2, -0.15) is 0 Å². The lowest BCUT2D eigenvalue weighted by atomic mass is 10.1. The molecule has 0 atom stereocenters. The predicted octanol–water partition coefficient (Wildman–Crippen LogP) is 5.48. The molecular formula is C20H20N2. The van der Waals surface area contributed by atoms with Crippen LogP contribution in [0.1, 0.15) is 16.7 Å². The van der Waals surface area contributed by atoms with E-state index in [0.717, 1.165) is 22.8 Å². The van der Waals surface area contributed by atoms with E-state index in [1.54, 1.807) is 0 Å². The SMILES string of the molecule is Cc1ccc(N(c2ccc(C)cc2)c2ccc(C)cn2)cc1. The number of hydrogen-bond donors (Lipinski definition) is 0. The summed E-state index contributed by atoms with van der Waals surface area (Å²) < 4.78 is 0. The molecule has 2 nitrogen and oxygen atoms in total. The fourth-order valence-corrected chi connectivity index (χ4v) is 2.39. The zero-order valence-corrected chi connectivity index (χ0v) is 13.2. The normalized spacial score (nSPS) is 10.5. The van der Waals surface area contributed by atoms with Crippen LogP contribution in [0, 0.1) is 20.8 Å². The lowest BCUT2D eigenvalue weighted by Crippen LogP contribution is -2.11. The Bertz CT molecular complexity index is 633. The molecule has 2 heteroatoms. The third-order valence-corrected chi connectivity index (χ3v) is 3.71. The van der Waals surface area contributed by atoms with Gasteiger partial charge in [0.15, 0.2) is 0 Å². The van der Waals surface area contributed by atoms with Crippen molar-refractivity contribution in [2.24, 2.45) is 0 Å². The molecule has 1 aromatic heterocycles. The Kier molecular flexibility index (Phi) is 3.92. The topological polar surface area (TPSA) is 16.1 Å². The van der Waals surface area contributed by atoms with E-state index in [2.05, 4.69) is 91.3 Å². The first-order chi connectivity index (χ1) is 10.6. The van der Waals surface area contributed by atoms with Gasteiger partial charge in [0.2, 0.25) is 0 Å². The zero-order valence-electron chi connectivity index (χ0n) is 13.2. The highest BCUT2D eigenvalue weighted by atomic mass is 15.2. The molecule has 0 radical (unpaired) electrons. The third kappa shape index (κ3) is 3.01. The van der Waals surface area contributed by atoms with Crippen LogP contribution in [-0.2, 0) is 0 Å². The van der Waals surface area contributed by atoms with Gasteiger partial charge in [0.25, 0.3) is 0 Å². The van der Waals surface area contributed by atoms with E-state index in [4.69, 9.17) is 0 Å². The van der Waals surface area contributed by atoms with Crippen molar-refractivity contribution >= 4 is 17.2 Å². The maximum atomic E-state index is 4.60. The van der Waals surface area contributed by atoms with Crippen LogP contribution in [0.25, 0.3) is 0 Å². The minimum Gasteiger partial charge on any atom is -0.295 e. The molecule has 0 unspecified atom stereocenters. The summed E-state index contributed by atoms with van der Waals surface area (Å²) in [7, 11) is 0. The molecule has 3 aromatic rings. The summed E-state index contributed by atoms with van der Waals surface area (Å²) in [6, 6.07) is 21.2. The summed E-state index contributed by atoms with van der Waals surface area (Å²) in [4.78, 5) is 6.78. The van der Waals surface area contributed by atoms with Crippen LogP contribution in [0.15, 0.2) is 66.9 Å². The second-order valence-corrected chi connectivity index (χ2v) is 5.70.